The molecule has 1 aromatic rings. The van der Waals surface area contributed by atoms with Crippen LogP contribution >= 0.6 is 0 Å². The molecular formula is C24H34N4O4S. The minimum atomic E-state index is -3.83. The maximum absolute atomic E-state index is 13.6. The highest BCUT2D eigenvalue weighted by Crippen LogP contribution is 2.60. The Morgan fingerprint density at radius 2 is 1.61 bits per heavy atom. The fraction of sp³-hybridized carbons (Fsp3) is 0.667. The first-order valence-corrected chi connectivity index (χ1v) is 13.6. The number of benzene rings is 1. The Morgan fingerprint density at radius 3 is 2.15 bits per heavy atom. The zero-order valence-electron chi connectivity index (χ0n) is 19.2. The van der Waals surface area contributed by atoms with E-state index in [4.69, 9.17) is 5.14 Å². The maximum atomic E-state index is 13.6. The zero-order chi connectivity index (χ0) is 23.4. The standard InChI is InChI=1S/C24H34N4O4S/c1-16(22(29)26-20-3-2-4-21(12-20)33(25,31)32)27-5-7-28(8-6-27)23(30)24-13-17-9-18(14-24)11-19(10-17)15-24/h2-4,12,16-19H,5-11,13-15H2,1H3,(H,26,29)(H2,25,31,32). The van der Waals surface area contributed by atoms with Gasteiger partial charge in [0.15, 0.2) is 0 Å². The third kappa shape index (κ3) is 4.42. The number of carbonyl (C=O) groups is 2. The number of primary sulfonamides is 1. The summed E-state index contributed by atoms with van der Waals surface area (Å²) in [5.41, 5.74) is 0.280. The highest BCUT2D eigenvalue weighted by atomic mass is 32.2. The second kappa shape index (κ2) is 8.36. The molecule has 4 aliphatic carbocycles. The van der Waals surface area contributed by atoms with E-state index in [1.54, 1.807) is 12.1 Å². The number of piperazine rings is 1. The Labute approximate surface area is 195 Å². The molecule has 9 heteroatoms. The molecule has 0 spiro atoms. The van der Waals surface area contributed by atoms with Gasteiger partial charge in [0.05, 0.1) is 16.4 Å². The molecule has 3 N–H and O–H groups in total. The van der Waals surface area contributed by atoms with Crippen molar-refractivity contribution in [3.63, 3.8) is 0 Å². The number of amides is 2. The molecule has 1 unspecified atom stereocenters. The summed E-state index contributed by atoms with van der Waals surface area (Å²) >= 11 is 0. The van der Waals surface area contributed by atoms with Crippen LogP contribution < -0.4 is 10.5 Å². The molecule has 0 aromatic heterocycles. The summed E-state index contributed by atoms with van der Waals surface area (Å²) in [6.07, 6.45) is 7.21. The van der Waals surface area contributed by atoms with Gasteiger partial charge < -0.3 is 10.2 Å². The van der Waals surface area contributed by atoms with Crippen molar-refractivity contribution in [3.8, 4) is 0 Å². The van der Waals surface area contributed by atoms with Gasteiger partial charge in [-0.15, -0.1) is 0 Å². The van der Waals surface area contributed by atoms with Crippen LogP contribution in [0.25, 0.3) is 0 Å². The number of hydrogen-bond donors (Lipinski definition) is 2. The topological polar surface area (TPSA) is 113 Å². The van der Waals surface area contributed by atoms with Gasteiger partial charge in [0.25, 0.3) is 0 Å². The fourth-order valence-corrected chi connectivity index (χ4v) is 7.74. The monoisotopic (exact) mass is 474 g/mol. The first-order chi connectivity index (χ1) is 15.6. The molecule has 1 aromatic carbocycles. The van der Waals surface area contributed by atoms with Gasteiger partial charge in [-0.25, -0.2) is 13.6 Å². The average molecular weight is 475 g/mol. The molecule has 1 aliphatic heterocycles. The number of nitrogens with one attached hydrogen (secondary N) is 1. The maximum Gasteiger partial charge on any atom is 0.241 e. The average Bonchev–Trinajstić information content (AvgIpc) is 2.77. The van der Waals surface area contributed by atoms with Gasteiger partial charge in [-0.2, -0.15) is 0 Å². The smallest absolute Gasteiger partial charge is 0.241 e. The van der Waals surface area contributed by atoms with Crippen molar-refractivity contribution in [1.82, 2.24) is 9.80 Å². The van der Waals surface area contributed by atoms with E-state index in [-0.39, 0.29) is 22.3 Å². The van der Waals surface area contributed by atoms with E-state index in [0.717, 1.165) is 37.0 Å². The van der Waals surface area contributed by atoms with Gasteiger partial charge in [-0.3, -0.25) is 14.5 Å². The number of anilines is 1. The van der Waals surface area contributed by atoms with Gasteiger partial charge in [-0.05, 0) is 81.4 Å². The summed E-state index contributed by atoms with van der Waals surface area (Å²) < 4.78 is 23.1. The number of nitrogens with two attached hydrogens (primary N) is 1. The lowest BCUT2D eigenvalue weighted by Crippen LogP contribution is -2.59. The minimum absolute atomic E-state index is 0.0373. The Morgan fingerprint density at radius 1 is 1.03 bits per heavy atom. The first kappa shape index (κ1) is 22.8. The van der Waals surface area contributed by atoms with E-state index in [9.17, 15) is 18.0 Å². The van der Waals surface area contributed by atoms with Crippen LogP contribution in [-0.4, -0.2) is 62.3 Å². The summed E-state index contributed by atoms with van der Waals surface area (Å²) in [4.78, 5) is 30.5. The molecule has 33 heavy (non-hydrogen) atoms. The van der Waals surface area contributed by atoms with E-state index < -0.39 is 10.0 Å². The molecule has 4 saturated carbocycles. The molecular weight excluding hydrogens is 440 g/mol. The van der Waals surface area contributed by atoms with Crippen LogP contribution in [0.3, 0.4) is 0 Å². The largest absolute Gasteiger partial charge is 0.340 e. The Hall–Kier alpha value is -1.97. The first-order valence-electron chi connectivity index (χ1n) is 12.1. The fourth-order valence-electron chi connectivity index (χ4n) is 7.18. The lowest BCUT2D eigenvalue weighted by molar-refractivity contribution is -0.159. The highest BCUT2D eigenvalue weighted by molar-refractivity contribution is 7.89. The van der Waals surface area contributed by atoms with Crippen molar-refractivity contribution in [1.29, 1.82) is 0 Å². The molecule has 1 heterocycles. The Kier molecular flexibility index (Phi) is 5.77. The third-order valence-electron chi connectivity index (χ3n) is 8.45. The van der Waals surface area contributed by atoms with Crippen molar-refractivity contribution < 1.29 is 18.0 Å². The molecule has 2 amide bonds. The molecule has 5 aliphatic rings. The number of nitrogens with zero attached hydrogens (tertiary/aromatic N) is 2. The summed E-state index contributed by atoms with van der Waals surface area (Å²) in [6, 6.07) is 5.56. The van der Waals surface area contributed by atoms with Crippen LogP contribution in [0.1, 0.15) is 45.4 Å². The summed E-state index contributed by atoms with van der Waals surface area (Å²) in [7, 11) is -3.83. The molecule has 1 atom stereocenters. The molecule has 180 valence electrons. The molecule has 8 nitrogen and oxygen atoms in total. The second-order valence-corrected chi connectivity index (χ2v) is 12.3. The lowest BCUT2D eigenvalue weighted by Gasteiger charge is -2.57. The summed E-state index contributed by atoms with van der Waals surface area (Å²) in [5, 5.41) is 7.98. The minimum Gasteiger partial charge on any atom is -0.340 e. The Balaban J connectivity index is 1.17. The van der Waals surface area contributed by atoms with Crippen LogP contribution in [-0.2, 0) is 19.6 Å². The highest BCUT2D eigenvalue weighted by Gasteiger charge is 2.55. The van der Waals surface area contributed by atoms with Crippen molar-refractivity contribution in [3.05, 3.63) is 24.3 Å². The molecule has 4 bridgehead atoms. The number of rotatable bonds is 5. The van der Waals surface area contributed by atoms with E-state index in [0.29, 0.717) is 37.8 Å². The molecule has 1 saturated heterocycles. The van der Waals surface area contributed by atoms with E-state index >= 15 is 0 Å². The van der Waals surface area contributed by atoms with Gasteiger partial charge in [0.1, 0.15) is 0 Å². The molecule has 6 rings (SSSR count). The summed E-state index contributed by atoms with van der Waals surface area (Å²) in [5.74, 6) is 2.40. The van der Waals surface area contributed by atoms with Gasteiger partial charge in [0, 0.05) is 31.9 Å². The van der Waals surface area contributed by atoms with Gasteiger partial charge in [0.2, 0.25) is 21.8 Å². The zero-order valence-corrected chi connectivity index (χ0v) is 20.0. The van der Waals surface area contributed by atoms with E-state index in [2.05, 4.69) is 10.2 Å². The van der Waals surface area contributed by atoms with Crippen LogP contribution in [0.15, 0.2) is 29.2 Å². The van der Waals surface area contributed by atoms with Crippen LogP contribution in [0.4, 0.5) is 5.69 Å². The van der Waals surface area contributed by atoms with E-state index in [1.807, 2.05) is 11.8 Å². The third-order valence-corrected chi connectivity index (χ3v) is 9.36. The van der Waals surface area contributed by atoms with E-state index in [1.165, 1.54) is 31.4 Å². The van der Waals surface area contributed by atoms with Crippen LogP contribution in [0.5, 0.6) is 0 Å². The SMILES string of the molecule is CC(C(=O)Nc1cccc(S(N)(=O)=O)c1)N1CCN(C(=O)C23CC4CC(CC(C4)C2)C3)CC1. The lowest BCUT2D eigenvalue weighted by atomic mass is 9.49. The second-order valence-electron chi connectivity index (χ2n) is 10.8. The van der Waals surface area contributed by atoms with Crippen molar-refractivity contribution in [2.45, 2.75) is 56.4 Å². The quantitative estimate of drug-likeness (QED) is 0.678. The predicted octanol–water partition coefficient (Wildman–Crippen LogP) is 2.02. The summed E-state index contributed by atoms with van der Waals surface area (Å²) in [6.45, 7) is 4.46. The van der Waals surface area contributed by atoms with Gasteiger partial charge >= 0.3 is 0 Å². The predicted molar refractivity (Wildman–Crippen MR) is 125 cm³/mol. The number of carbonyl (C=O) groups excluding carboxylic acids is 2. The van der Waals surface area contributed by atoms with Crippen molar-refractivity contribution >= 4 is 27.5 Å². The molecule has 0 radical (unpaired) electrons. The van der Waals surface area contributed by atoms with Crippen LogP contribution in [0.2, 0.25) is 0 Å². The van der Waals surface area contributed by atoms with Crippen LogP contribution in [0, 0.1) is 23.2 Å². The normalized spacial score (nSPS) is 32.5. The Bertz CT molecular complexity index is 1010. The van der Waals surface area contributed by atoms with Crippen molar-refractivity contribution in [2.75, 3.05) is 31.5 Å². The number of hydrogen-bond acceptors (Lipinski definition) is 5. The van der Waals surface area contributed by atoms with Crippen molar-refractivity contribution in [2.24, 2.45) is 28.3 Å². The van der Waals surface area contributed by atoms with Gasteiger partial charge in [-0.1, -0.05) is 6.07 Å². The molecule has 5 fully saturated rings. The number of sulfonamides is 1.